The molecule has 0 radical (unpaired) electrons. The molecule has 2 atom stereocenters. The first-order valence-electron chi connectivity index (χ1n) is 4.28. The predicted octanol–water partition coefficient (Wildman–Crippen LogP) is 0.866. The lowest BCUT2D eigenvalue weighted by Gasteiger charge is -2.24. The van der Waals surface area contributed by atoms with Crippen LogP contribution in [0.1, 0.15) is 32.6 Å². The normalized spacial score (nSPS) is 30.0. The highest BCUT2D eigenvalue weighted by atomic mass is 14.9. The summed E-state index contributed by atoms with van der Waals surface area (Å²) in [5, 5.41) is 3.47. The largest absolute Gasteiger partial charge is 0.328 e. The average molecular weight is 142 g/mol. The Morgan fingerprint density at radius 3 is 2.90 bits per heavy atom. The summed E-state index contributed by atoms with van der Waals surface area (Å²) in [4.78, 5) is 0. The maximum absolute atomic E-state index is 5.68. The fraction of sp³-hybridized carbons (Fsp3) is 1.00. The fourth-order valence-electron chi connectivity index (χ4n) is 1.57. The quantitative estimate of drug-likeness (QED) is 0.600. The molecule has 0 aromatic heterocycles. The fourth-order valence-corrected chi connectivity index (χ4v) is 1.57. The van der Waals surface area contributed by atoms with E-state index in [0.717, 1.165) is 6.42 Å². The minimum Gasteiger partial charge on any atom is -0.328 e. The van der Waals surface area contributed by atoms with Gasteiger partial charge in [-0.15, -0.1) is 0 Å². The van der Waals surface area contributed by atoms with Crippen molar-refractivity contribution < 1.29 is 0 Å². The highest BCUT2D eigenvalue weighted by Gasteiger charge is 2.12. The number of nitrogens with one attached hydrogen (secondary N) is 1. The molecule has 0 bridgehead atoms. The van der Waals surface area contributed by atoms with Crippen molar-refractivity contribution in [1.29, 1.82) is 0 Å². The van der Waals surface area contributed by atoms with Crippen molar-refractivity contribution in [2.75, 3.05) is 6.54 Å². The van der Waals surface area contributed by atoms with Crippen LogP contribution in [0.2, 0.25) is 0 Å². The maximum atomic E-state index is 5.68. The Balaban J connectivity index is 2.13. The first-order valence-corrected chi connectivity index (χ1v) is 4.28. The zero-order valence-electron chi connectivity index (χ0n) is 6.77. The van der Waals surface area contributed by atoms with Crippen LogP contribution in [0.15, 0.2) is 0 Å². The van der Waals surface area contributed by atoms with Crippen molar-refractivity contribution in [3.63, 3.8) is 0 Å². The molecule has 1 rings (SSSR count). The number of hydrogen-bond acceptors (Lipinski definition) is 2. The van der Waals surface area contributed by atoms with Gasteiger partial charge in [0.1, 0.15) is 0 Å². The van der Waals surface area contributed by atoms with Crippen LogP contribution in [0, 0.1) is 0 Å². The van der Waals surface area contributed by atoms with Gasteiger partial charge >= 0.3 is 0 Å². The standard InChI is InChI=1S/C8H18N2/c1-7(9)6-8-4-2-3-5-10-8/h7-8,10H,2-6,9H2,1H3. The van der Waals surface area contributed by atoms with Crippen molar-refractivity contribution >= 4 is 0 Å². The Labute approximate surface area is 63.2 Å². The van der Waals surface area contributed by atoms with E-state index in [1.54, 1.807) is 0 Å². The van der Waals surface area contributed by atoms with Crippen LogP contribution in [0.4, 0.5) is 0 Å². The Hall–Kier alpha value is -0.0800. The van der Waals surface area contributed by atoms with Gasteiger partial charge in [0.05, 0.1) is 0 Å². The molecule has 2 unspecified atom stereocenters. The van der Waals surface area contributed by atoms with E-state index in [4.69, 9.17) is 5.73 Å². The molecule has 0 spiro atoms. The first kappa shape index (κ1) is 8.02. The summed E-state index contributed by atoms with van der Waals surface area (Å²) >= 11 is 0. The summed E-state index contributed by atoms with van der Waals surface area (Å²) in [7, 11) is 0. The number of nitrogens with two attached hydrogens (primary N) is 1. The van der Waals surface area contributed by atoms with Crippen LogP contribution in [0.3, 0.4) is 0 Å². The van der Waals surface area contributed by atoms with Gasteiger partial charge in [0.2, 0.25) is 0 Å². The number of rotatable bonds is 2. The highest BCUT2D eigenvalue weighted by molar-refractivity contribution is 4.74. The Bertz CT molecular complexity index is 85.3. The molecule has 0 saturated carbocycles. The van der Waals surface area contributed by atoms with Gasteiger partial charge in [-0.05, 0) is 32.7 Å². The molecule has 1 aliphatic heterocycles. The third-order valence-electron chi connectivity index (χ3n) is 2.07. The van der Waals surface area contributed by atoms with E-state index < -0.39 is 0 Å². The van der Waals surface area contributed by atoms with E-state index in [9.17, 15) is 0 Å². The van der Waals surface area contributed by atoms with Crippen LogP contribution in [0.25, 0.3) is 0 Å². The zero-order valence-corrected chi connectivity index (χ0v) is 6.77. The third kappa shape index (κ3) is 2.67. The average Bonchev–Trinajstić information content (AvgIpc) is 1.88. The van der Waals surface area contributed by atoms with Crippen molar-refractivity contribution in [1.82, 2.24) is 5.32 Å². The molecular weight excluding hydrogens is 124 g/mol. The second-order valence-corrected chi connectivity index (χ2v) is 3.36. The molecule has 1 heterocycles. The van der Waals surface area contributed by atoms with Gasteiger partial charge in [-0.25, -0.2) is 0 Å². The van der Waals surface area contributed by atoms with E-state index in [0.29, 0.717) is 12.1 Å². The first-order chi connectivity index (χ1) is 4.79. The lowest BCUT2D eigenvalue weighted by Crippen LogP contribution is -2.37. The Morgan fingerprint density at radius 1 is 1.60 bits per heavy atom. The molecule has 0 amide bonds. The van der Waals surface area contributed by atoms with Gasteiger partial charge < -0.3 is 11.1 Å². The van der Waals surface area contributed by atoms with Crippen molar-refractivity contribution in [2.45, 2.75) is 44.7 Å². The SMILES string of the molecule is CC(N)CC1CCCCN1. The van der Waals surface area contributed by atoms with Crippen molar-refractivity contribution in [3.05, 3.63) is 0 Å². The van der Waals surface area contributed by atoms with Gasteiger partial charge in [-0.1, -0.05) is 6.42 Å². The van der Waals surface area contributed by atoms with Gasteiger partial charge in [-0.3, -0.25) is 0 Å². The summed E-state index contributed by atoms with van der Waals surface area (Å²) < 4.78 is 0. The van der Waals surface area contributed by atoms with Crippen LogP contribution in [-0.2, 0) is 0 Å². The van der Waals surface area contributed by atoms with Gasteiger partial charge in [0.15, 0.2) is 0 Å². The second-order valence-electron chi connectivity index (χ2n) is 3.36. The molecule has 1 saturated heterocycles. The molecular formula is C8H18N2. The molecule has 60 valence electrons. The molecule has 1 fully saturated rings. The van der Waals surface area contributed by atoms with E-state index >= 15 is 0 Å². The minimum absolute atomic E-state index is 0.357. The van der Waals surface area contributed by atoms with E-state index in [1.807, 2.05) is 0 Å². The molecule has 3 N–H and O–H groups in total. The lowest BCUT2D eigenvalue weighted by molar-refractivity contribution is 0.366. The predicted molar refractivity (Wildman–Crippen MR) is 43.9 cm³/mol. The molecule has 10 heavy (non-hydrogen) atoms. The van der Waals surface area contributed by atoms with Gasteiger partial charge in [0, 0.05) is 12.1 Å². The van der Waals surface area contributed by atoms with Crippen LogP contribution >= 0.6 is 0 Å². The highest BCUT2D eigenvalue weighted by Crippen LogP contribution is 2.10. The second kappa shape index (κ2) is 3.94. The molecule has 0 aromatic rings. The maximum Gasteiger partial charge on any atom is 0.00816 e. The van der Waals surface area contributed by atoms with Crippen LogP contribution in [-0.4, -0.2) is 18.6 Å². The molecule has 1 aliphatic rings. The summed E-state index contributed by atoms with van der Waals surface area (Å²) in [6.45, 7) is 3.27. The monoisotopic (exact) mass is 142 g/mol. The molecule has 0 aromatic carbocycles. The summed E-state index contributed by atoms with van der Waals surface area (Å²) in [6.07, 6.45) is 5.18. The zero-order chi connectivity index (χ0) is 7.40. The van der Waals surface area contributed by atoms with Crippen LogP contribution < -0.4 is 11.1 Å². The number of piperidine rings is 1. The minimum atomic E-state index is 0.357. The Kier molecular flexibility index (Phi) is 3.16. The summed E-state index contributed by atoms with van der Waals surface area (Å²) in [6, 6.07) is 1.06. The third-order valence-corrected chi connectivity index (χ3v) is 2.07. The van der Waals surface area contributed by atoms with Crippen LogP contribution in [0.5, 0.6) is 0 Å². The van der Waals surface area contributed by atoms with Crippen molar-refractivity contribution in [2.24, 2.45) is 5.73 Å². The van der Waals surface area contributed by atoms with E-state index in [2.05, 4.69) is 12.2 Å². The van der Waals surface area contributed by atoms with Gasteiger partial charge in [0.25, 0.3) is 0 Å². The molecule has 2 nitrogen and oxygen atoms in total. The van der Waals surface area contributed by atoms with E-state index in [1.165, 1.54) is 25.8 Å². The Morgan fingerprint density at radius 2 is 2.40 bits per heavy atom. The van der Waals surface area contributed by atoms with Crippen molar-refractivity contribution in [3.8, 4) is 0 Å². The summed E-state index contributed by atoms with van der Waals surface area (Å²) in [5.41, 5.74) is 5.68. The molecule has 0 aliphatic carbocycles. The lowest BCUT2D eigenvalue weighted by atomic mass is 9.99. The molecule has 2 heteroatoms. The van der Waals surface area contributed by atoms with Gasteiger partial charge in [-0.2, -0.15) is 0 Å². The summed E-state index contributed by atoms with van der Waals surface area (Å²) in [5.74, 6) is 0. The topological polar surface area (TPSA) is 38.0 Å². The smallest absolute Gasteiger partial charge is 0.00816 e. The number of hydrogen-bond donors (Lipinski definition) is 2. The van der Waals surface area contributed by atoms with E-state index in [-0.39, 0.29) is 0 Å².